The van der Waals surface area contributed by atoms with Crippen molar-refractivity contribution in [3.63, 3.8) is 0 Å². The molecule has 2 heterocycles. The van der Waals surface area contributed by atoms with Gasteiger partial charge in [-0.15, -0.1) is 11.3 Å². The van der Waals surface area contributed by atoms with Gasteiger partial charge in [-0.2, -0.15) is 0 Å². The number of hydrogen-bond donors (Lipinski definition) is 1. The van der Waals surface area contributed by atoms with E-state index >= 15 is 0 Å². The van der Waals surface area contributed by atoms with Crippen LogP contribution in [0.15, 0.2) is 48.8 Å². The lowest BCUT2D eigenvalue weighted by atomic mass is 9.84. The van der Waals surface area contributed by atoms with E-state index in [1.807, 2.05) is 13.8 Å². The molecule has 2 aromatic heterocycles. The van der Waals surface area contributed by atoms with Crippen molar-refractivity contribution < 1.29 is 19.1 Å². The molecule has 0 fully saturated rings. The van der Waals surface area contributed by atoms with Crippen LogP contribution >= 0.6 is 11.3 Å². The summed E-state index contributed by atoms with van der Waals surface area (Å²) in [5.41, 5.74) is 2.54. The van der Waals surface area contributed by atoms with E-state index < -0.39 is 0 Å². The smallest absolute Gasteiger partial charge is 0.266 e. The van der Waals surface area contributed by atoms with Gasteiger partial charge in [0, 0.05) is 27.9 Å². The van der Waals surface area contributed by atoms with Crippen LogP contribution < -0.4 is 10.1 Å². The zero-order valence-corrected chi connectivity index (χ0v) is 18.1. The molecule has 1 amide bonds. The molecule has 0 unspecified atom stereocenters. The highest BCUT2D eigenvalue weighted by Crippen LogP contribution is 2.35. The van der Waals surface area contributed by atoms with Crippen molar-refractivity contribution in [1.82, 2.24) is 9.97 Å². The lowest BCUT2D eigenvalue weighted by Gasteiger charge is -2.18. The molecule has 0 saturated heterocycles. The Morgan fingerprint density at radius 2 is 1.69 bits per heavy atom. The third kappa shape index (κ3) is 3.07. The Hall–Kier alpha value is -3.91. The summed E-state index contributed by atoms with van der Waals surface area (Å²) in [6.45, 7) is 4.14. The topological polar surface area (TPSA) is 98.2 Å². The summed E-state index contributed by atoms with van der Waals surface area (Å²) in [5, 5.41) is 3.56. The summed E-state index contributed by atoms with van der Waals surface area (Å²) in [6.07, 6.45) is 1.41. The van der Waals surface area contributed by atoms with Crippen molar-refractivity contribution in [1.29, 1.82) is 0 Å². The zero-order valence-electron chi connectivity index (χ0n) is 17.3. The van der Waals surface area contributed by atoms with Crippen molar-refractivity contribution >= 4 is 44.7 Å². The van der Waals surface area contributed by atoms with Crippen molar-refractivity contribution in [3.05, 3.63) is 81.5 Å². The number of aryl methyl sites for hydroxylation is 1. The van der Waals surface area contributed by atoms with E-state index in [1.165, 1.54) is 17.7 Å². The summed E-state index contributed by atoms with van der Waals surface area (Å²) < 4.78 is 5.58. The van der Waals surface area contributed by atoms with Gasteiger partial charge < -0.3 is 10.1 Å². The largest absolute Gasteiger partial charge is 0.477 e. The maximum absolute atomic E-state index is 13.0. The molecule has 1 aliphatic rings. The van der Waals surface area contributed by atoms with E-state index in [-0.39, 0.29) is 23.0 Å². The number of amides is 1. The number of ketones is 2. The van der Waals surface area contributed by atoms with E-state index in [2.05, 4.69) is 15.3 Å². The molecule has 7 nitrogen and oxygen atoms in total. The number of benzene rings is 2. The van der Waals surface area contributed by atoms with Gasteiger partial charge in [0.25, 0.3) is 5.91 Å². The molecule has 158 valence electrons. The van der Waals surface area contributed by atoms with Crippen LogP contribution in [-0.2, 0) is 0 Å². The van der Waals surface area contributed by atoms with Gasteiger partial charge in [-0.1, -0.05) is 24.3 Å². The van der Waals surface area contributed by atoms with E-state index in [0.29, 0.717) is 50.0 Å². The molecule has 0 bridgehead atoms. The number of hydrogen-bond acceptors (Lipinski definition) is 7. The van der Waals surface area contributed by atoms with Crippen molar-refractivity contribution in [3.8, 4) is 5.88 Å². The molecule has 5 rings (SSSR count). The number of nitrogens with one attached hydrogen (secondary N) is 1. The van der Waals surface area contributed by atoms with Gasteiger partial charge in [0.1, 0.15) is 11.2 Å². The monoisotopic (exact) mass is 443 g/mol. The molecular weight excluding hydrogens is 426 g/mol. The number of fused-ring (bicyclic) bond motifs is 3. The number of carbonyl (C=O) groups excluding carboxylic acids is 3. The molecule has 8 heteroatoms. The average molecular weight is 443 g/mol. The number of ether oxygens (including phenoxy) is 1. The van der Waals surface area contributed by atoms with Crippen LogP contribution in [0.2, 0.25) is 0 Å². The lowest BCUT2D eigenvalue weighted by Crippen LogP contribution is -2.21. The predicted octanol–water partition coefficient (Wildman–Crippen LogP) is 4.43. The minimum absolute atomic E-state index is 0.199. The first-order chi connectivity index (χ1) is 15.5. The van der Waals surface area contributed by atoms with Crippen molar-refractivity contribution in [2.24, 2.45) is 0 Å². The highest BCUT2D eigenvalue weighted by molar-refractivity contribution is 7.20. The molecule has 32 heavy (non-hydrogen) atoms. The molecule has 2 aromatic carbocycles. The second-order valence-corrected chi connectivity index (χ2v) is 8.27. The van der Waals surface area contributed by atoms with Crippen molar-refractivity contribution in [2.45, 2.75) is 13.8 Å². The molecule has 0 atom stereocenters. The van der Waals surface area contributed by atoms with Gasteiger partial charge >= 0.3 is 0 Å². The minimum atomic E-state index is -0.331. The fourth-order valence-electron chi connectivity index (χ4n) is 3.87. The first-order valence-corrected chi connectivity index (χ1v) is 10.8. The van der Waals surface area contributed by atoms with Crippen LogP contribution in [-0.4, -0.2) is 34.0 Å². The van der Waals surface area contributed by atoms with Gasteiger partial charge in [0.15, 0.2) is 11.6 Å². The van der Waals surface area contributed by atoms with E-state index in [0.717, 1.165) is 5.56 Å². The summed E-state index contributed by atoms with van der Waals surface area (Å²) >= 11 is 1.25. The highest BCUT2D eigenvalue weighted by atomic mass is 32.1. The van der Waals surface area contributed by atoms with Gasteiger partial charge in [0.05, 0.1) is 16.9 Å². The SMILES string of the molecule is CCOc1ncnc2sc(C(=O)Nc3ccc4c(c3)C(=O)c3ccccc3C4=O)c(C)c12. The average Bonchev–Trinajstić information content (AvgIpc) is 3.15. The van der Waals surface area contributed by atoms with Crippen LogP contribution in [0.1, 0.15) is 54.0 Å². The van der Waals surface area contributed by atoms with E-state index in [9.17, 15) is 14.4 Å². The predicted molar refractivity (Wildman–Crippen MR) is 121 cm³/mol. The number of aromatic nitrogens is 2. The zero-order chi connectivity index (χ0) is 22.4. The summed E-state index contributed by atoms with van der Waals surface area (Å²) in [6, 6.07) is 11.5. The third-order valence-electron chi connectivity index (χ3n) is 5.36. The molecule has 1 aliphatic carbocycles. The number of carbonyl (C=O) groups is 3. The van der Waals surface area contributed by atoms with E-state index in [4.69, 9.17) is 4.74 Å². The Kier molecular flexibility index (Phi) is 4.79. The first-order valence-electron chi connectivity index (χ1n) is 10.00. The standard InChI is InChI=1S/C24H17N3O4S/c1-3-31-23-18-12(2)21(32-24(18)26-11-25-23)22(30)27-13-8-9-16-17(10-13)20(29)15-7-5-4-6-14(15)19(16)28/h4-11H,3H2,1-2H3,(H,27,30). The number of anilines is 1. The third-order valence-corrected chi connectivity index (χ3v) is 6.56. The Morgan fingerprint density at radius 1 is 1.00 bits per heavy atom. The summed E-state index contributed by atoms with van der Waals surface area (Å²) in [4.78, 5) is 48.3. The van der Waals surface area contributed by atoms with Crippen molar-refractivity contribution in [2.75, 3.05) is 11.9 Å². The second kappa shape index (κ2) is 7.65. The fraction of sp³-hybridized carbons (Fsp3) is 0.125. The second-order valence-electron chi connectivity index (χ2n) is 7.27. The summed E-state index contributed by atoms with van der Waals surface area (Å²) in [5.74, 6) is -0.318. The molecule has 4 aromatic rings. The minimum Gasteiger partial charge on any atom is -0.477 e. The Balaban J connectivity index is 1.49. The van der Waals surface area contributed by atoms with Gasteiger partial charge in [0.2, 0.25) is 5.88 Å². The Bertz CT molecular complexity index is 1440. The molecule has 0 radical (unpaired) electrons. The molecule has 0 aliphatic heterocycles. The normalized spacial score (nSPS) is 12.4. The molecule has 0 saturated carbocycles. The maximum atomic E-state index is 13.0. The Labute approximate surface area is 187 Å². The Morgan fingerprint density at radius 3 is 2.41 bits per heavy atom. The number of nitrogens with zero attached hydrogens (tertiary/aromatic N) is 2. The van der Waals surface area contributed by atoms with Gasteiger partial charge in [-0.05, 0) is 37.6 Å². The van der Waals surface area contributed by atoms with Gasteiger partial charge in [-0.3, -0.25) is 14.4 Å². The van der Waals surface area contributed by atoms with Crippen LogP contribution in [0.4, 0.5) is 5.69 Å². The maximum Gasteiger partial charge on any atom is 0.266 e. The van der Waals surface area contributed by atoms with Crippen LogP contribution in [0.3, 0.4) is 0 Å². The van der Waals surface area contributed by atoms with Gasteiger partial charge in [-0.25, -0.2) is 9.97 Å². The fourth-order valence-corrected chi connectivity index (χ4v) is 4.90. The first kappa shape index (κ1) is 20.0. The molecule has 0 spiro atoms. The molecule has 1 N–H and O–H groups in total. The quantitative estimate of drug-likeness (QED) is 0.441. The number of thiophene rings is 1. The highest BCUT2D eigenvalue weighted by Gasteiger charge is 2.29. The lowest BCUT2D eigenvalue weighted by molar-refractivity contribution is 0.0979. The van der Waals surface area contributed by atoms with Crippen LogP contribution in [0.25, 0.3) is 10.2 Å². The van der Waals surface area contributed by atoms with E-state index in [1.54, 1.807) is 42.5 Å². The molecular formula is C24H17N3O4S. The summed E-state index contributed by atoms with van der Waals surface area (Å²) in [7, 11) is 0. The van der Waals surface area contributed by atoms with Crippen LogP contribution in [0.5, 0.6) is 5.88 Å². The number of rotatable bonds is 4. The van der Waals surface area contributed by atoms with Crippen LogP contribution in [0, 0.1) is 6.92 Å².